The third-order valence-electron chi connectivity index (χ3n) is 12.6. The zero-order valence-electron chi connectivity index (χ0n) is 33.6. The van der Waals surface area contributed by atoms with Gasteiger partial charge in [0.2, 0.25) is 5.91 Å². The number of carbonyl (C=O) groups excluding carboxylic acids is 2. The molecular formula is C44H61N5O5. The molecule has 54 heavy (non-hydrogen) atoms. The molecule has 10 nitrogen and oxygen atoms in total. The van der Waals surface area contributed by atoms with Crippen LogP contribution in [0.1, 0.15) is 62.0 Å². The van der Waals surface area contributed by atoms with Crippen molar-refractivity contribution in [2.45, 2.75) is 77.8 Å². The topological polar surface area (TPSA) is 107 Å². The monoisotopic (exact) mass is 739 g/mol. The minimum Gasteiger partial charge on any atom is -0.496 e. The van der Waals surface area contributed by atoms with Gasteiger partial charge in [-0.05, 0) is 92.8 Å². The van der Waals surface area contributed by atoms with E-state index < -0.39 is 18.1 Å². The number of hydroxylamine groups is 2. The number of hydrogen-bond donors (Lipinski definition) is 3. The third kappa shape index (κ3) is 8.17. The minimum absolute atomic E-state index is 0.0882. The molecule has 3 aromatic carbocycles. The van der Waals surface area contributed by atoms with Gasteiger partial charge >= 0.3 is 0 Å². The summed E-state index contributed by atoms with van der Waals surface area (Å²) in [6.07, 6.45) is 1.78. The molecule has 2 bridgehead atoms. The van der Waals surface area contributed by atoms with E-state index >= 15 is 0 Å². The van der Waals surface area contributed by atoms with Gasteiger partial charge in [-0.1, -0.05) is 69.3 Å². The number of fused-ring (bicyclic) bond motifs is 2. The van der Waals surface area contributed by atoms with Crippen LogP contribution in [0.2, 0.25) is 0 Å². The maximum Gasteiger partial charge on any atom is 0.251 e. The maximum atomic E-state index is 14.5. The summed E-state index contributed by atoms with van der Waals surface area (Å²) in [6.45, 7) is 10.1. The highest BCUT2D eigenvalue weighted by atomic mass is 16.7. The number of para-hydroxylation sites is 1. The summed E-state index contributed by atoms with van der Waals surface area (Å²) in [6, 6.07) is 21.3. The van der Waals surface area contributed by atoms with Crippen molar-refractivity contribution in [3.63, 3.8) is 0 Å². The fourth-order valence-electron chi connectivity index (χ4n) is 9.41. The average Bonchev–Trinajstić information content (AvgIpc) is 3.49. The van der Waals surface area contributed by atoms with Crippen LogP contribution in [0.15, 0.2) is 66.7 Å². The van der Waals surface area contributed by atoms with Crippen LogP contribution in [0.25, 0.3) is 11.1 Å². The highest BCUT2D eigenvalue weighted by Crippen LogP contribution is 2.61. The Balaban J connectivity index is 1.28. The number of methoxy groups -OCH3 is 1. The second kappa shape index (κ2) is 16.4. The first-order valence-corrected chi connectivity index (χ1v) is 19.6. The lowest BCUT2D eigenvalue weighted by molar-refractivity contribution is -0.179. The number of hydrogen-bond acceptors (Lipinski definition) is 8. The Morgan fingerprint density at radius 1 is 1.04 bits per heavy atom. The molecule has 2 amide bonds. The van der Waals surface area contributed by atoms with Crippen molar-refractivity contribution < 1.29 is 24.3 Å². The van der Waals surface area contributed by atoms with Crippen LogP contribution in [0.3, 0.4) is 0 Å². The Hall–Kier alpha value is -3.96. The average molecular weight is 740 g/mol. The third-order valence-corrected chi connectivity index (χ3v) is 12.6. The fraction of sp³-hybridized carbons (Fsp3) is 0.545. The smallest absolute Gasteiger partial charge is 0.251 e. The van der Waals surface area contributed by atoms with Crippen molar-refractivity contribution >= 4 is 17.5 Å². The highest BCUT2D eigenvalue weighted by molar-refractivity contribution is 5.97. The number of nitrogens with zero attached hydrogens (tertiary/aromatic N) is 3. The van der Waals surface area contributed by atoms with E-state index in [1.165, 1.54) is 12.0 Å². The molecule has 3 aromatic rings. The van der Waals surface area contributed by atoms with Crippen LogP contribution < -0.4 is 20.3 Å². The normalized spacial score (nSPS) is 26.5. The molecule has 0 spiro atoms. The van der Waals surface area contributed by atoms with E-state index in [1.807, 2.05) is 86.5 Å². The highest BCUT2D eigenvalue weighted by Gasteiger charge is 2.57. The van der Waals surface area contributed by atoms with Crippen molar-refractivity contribution in [2.75, 3.05) is 53.3 Å². The first-order chi connectivity index (χ1) is 25.7. The molecule has 8 atom stereocenters. The van der Waals surface area contributed by atoms with E-state index in [4.69, 9.17) is 9.57 Å². The largest absolute Gasteiger partial charge is 0.496 e. The first kappa shape index (κ1) is 39.7. The molecule has 3 aliphatic carbocycles. The number of aliphatic hydroxyl groups is 1. The fourth-order valence-corrected chi connectivity index (χ4v) is 9.41. The molecule has 1 aliphatic heterocycles. The molecule has 1 saturated heterocycles. The molecule has 10 heteroatoms. The molecule has 1 unspecified atom stereocenters. The van der Waals surface area contributed by atoms with Crippen LogP contribution in [0, 0.1) is 29.1 Å². The number of amides is 2. The number of nitrogens with one attached hydrogen (secondary N) is 2. The van der Waals surface area contributed by atoms with Crippen molar-refractivity contribution in [3.05, 3.63) is 83.4 Å². The Bertz CT molecular complexity index is 1780. The number of rotatable bonds is 14. The molecule has 7 rings (SSSR count). The second-order valence-electron chi connectivity index (χ2n) is 17.0. The summed E-state index contributed by atoms with van der Waals surface area (Å²) in [5, 5.41) is 19.5. The van der Waals surface area contributed by atoms with E-state index in [0.717, 1.165) is 35.2 Å². The van der Waals surface area contributed by atoms with Gasteiger partial charge in [0.25, 0.3) is 5.91 Å². The Labute approximate surface area is 322 Å². The van der Waals surface area contributed by atoms with Crippen molar-refractivity contribution in [1.82, 2.24) is 20.6 Å². The van der Waals surface area contributed by atoms with Gasteiger partial charge in [0.05, 0.1) is 25.9 Å². The molecule has 1 heterocycles. The number of ether oxygens (including phenoxy) is 1. The molecule has 292 valence electrons. The van der Waals surface area contributed by atoms with E-state index in [-0.39, 0.29) is 30.5 Å². The quantitative estimate of drug-likeness (QED) is 0.196. The Morgan fingerprint density at radius 3 is 2.41 bits per heavy atom. The molecule has 4 fully saturated rings. The minimum atomic E-state index is -0.772. The zero-order chi connectivity index (χ0) is 38.9. The predicted molar refractivity (Wildman–Crippen MR) is 214 cm³/mol. The van der Waals surface area contributed by atoms with Gasteiger partial charge in [0.1, 0.15) is 11.8 Å². The summed E-state index contributed by atoms with van der Waals surface area (Å²) < 4.78 is 6.13. The number of likely N-dealkylation sites (N-methyl/N-ethyl adjacent to an activating group) is 1. The SMILES string of the molecule is COc1c(CN2O[C@@H](CN(C)C)[C@@H]([C@H](C)O)[C@H]2C(=O)NC2C[C@H]3C[C@@H]([C@@H]2C)C3(C)C)cccc1-c1cc(C(=O)NCCc2ccccc2)cc(N(C)C)c1. The predicted octanol–water partition coefficient (Wildman–Crippen LogP) is 5.63. The molecule has 0 aromatic heterocycles. The number of aliphatic hydroxyl groups excluding tert-OH is 1. The molecule has 3 N–H and O–H groups in total. The van der Waals surface area contributed by atoms with E-state index in [9.17, 15) is 14.7 Å². The number of anilines is 1. The first-order valence-electron chi connectivity index (χ1n) is 19.6. The van der Waals surface area contributed by atoms with Crippen LogP contribution >= 0.6 is 0 Å². The summed E-state index contributed by atoms with van der Waals surface area (Å²) in [7, 11) is 9.52. The van der Waals surface area contributed by atoms with Gasteiger partial charge in [-0.3, -0.25) is 14.4 Å². The van der Waals surface area contributed by atoms with Gasteiger partial charge in [0.15, 0.2) is 0 Å². The molecule has 0 radical (unpaired) electrons. The number of carbonyl (C=O) groups is 2. The van der Waals surface area contributed by atoms with Crippen LogP contribution in [-0.4, -0.2) is 99.6 Å². The van der Waals surface area contributed by atoms with Gasteiger partial charge in [-0.15, -0.1) is 0 Å². The second-order valence-corrected chi connectivity index (χ2v) is 17.0. The lowest BCUT2D eigenvalue weighted by Gasteiger charge is -2.62. The van der Waals surface area contributed by atoms with Gasteiger partial charge in [0, 0.05) is 61.5 Å². The maximum absolute atomic E-state index is 14.5. The van der Waals surface area contributed by atoms with Crippen LogP contribution in [0.5, 0.6) is 5.75 Å². The standard InChI is InChI=1S/C44H61N5O5/c1-27-36-23-33(44(36,3)4)24-37(27)46-43(52)40-39(28(2)50)38(26-47(5)6)54-49(40)25-30-16-13-17-35(41(30)53-9)31-20-32(22-34(21-31)48(7)8)42(51)45-19-18-29-14-11-10-12-15-29/h10-17,20-22,27-28,33,36-40,50H,18-19,23-26H2,1-9H3,(H,45,51)(H,46,52)/t27-,28-,33+,36-,37?,38-,39+,40-/m0/s1. The van der Waals surface area contributed by atoms with E-state index in [1.54, 1.807) is 19.1 Å². The van der Waals surface area contributed by atoms with Crippen molar-refractivity contribution in [3.8, 4) is 16.9 Å². The summed E-state index contributed by atoms with van der Waals surface area (Å²) in [5.41, 5.74) is 5.42. The summed E-state index contributed by atoms with van der Waals surface area (Å²) in [4.78, 5) is 38.6. The summed E-state index contributed by atoms with van der Waals surface area (Å²) in [5.74, 6) is 1.52. The van der Waals surface area contributed by atoms with E-state index in [2.05, 4.69) is 49.6 Å². The Morgan fingerprint density at radius 2 is 1.78 bits per heavy atom. The Kier molecular flexibility index (Phi) is 12.1. The van der Waals surface area contributed by atoms with Gasteiger partial charge < -0.3 is 30.3 Å². The van der Waals surface area contributed by atoms with Gasteiger partial charge in [-0.25, -0.2) is 0 Å². The van der Waals surface area contributed by atoms with Gasteiger partial charge in [-0.2, -0.15) is 5.06 Å². The van der Waals surface area contributed by atoms with Crippen molar-refractivity contribution in [2.24, 2.45) is 29.1 Å². The lowest BCUT2D eigenvalue weighted by Crippen LogP contribution is -2.62. The van der Waals surface area contributed by atoms with Crippen LogP contribution in [0.4, 0.5) is 5.69 Å². The molecule has 4 aliphatic rings. The van der Waals surface area contributed by atoms with E-state index in [0.29, 0.717) is 47.6 Å². The van der Waals surface area contributed by atoms with Crippen molar-refractivity contribution in [1.29, 1.82) is 0 Å². The summed E-state index contributed by atoms with van der Waals surface area (Å²) >= 11 is 0. The number of benzene rings is 3. The molecule has 3 saturated carbocycles. The molecular weight excluding hydrogens is 679 g/mol. The zero-order valence-corrected chi connectivity index (χ0v) is 33.6. The lowest BCUT2D eigenvalue weighted by atomic mass is 9.45. The van der Waals surface area contributed by atoms with Crippen LogP contribution in [-0.2, 0) is 22.6 Å².